The number of nitrogens with one attached hydrogen (secondary N) is 1. The Hall–Kier alpha value is -2.30. The molecule has 2 rings (SSSR count). The van der Waals surface area contributed by atoms with Crippen molar-refractivity contribution in [3.05, 3.63) is 70.2 Å². The Morgan fingerprint density at radius 1 is 1.17 bits per heavy atom. The number of nitrogens with zero attached hydrogens (tertiary/aromatic N) is 1. The molecule has 0 saturated carbocycles. The maximum absolute atomic E-state index is 11.6. The molecule has 1 N–H and O–H groups in total. The van der Waals surface area contributed by atoms with Crippen molar-refractivity contribution in [2.75, 3.05) is 6.61 Å². The molecule has 0 aliphatic heterocycles. The number of benzene rings is 2. The lowest BCUT2D eigenvalue weighted by Crippen LogP contribution is -2.24. The van der Waals surface area contributed by atoms with Crippen LogP contribution in [0.3, 0.4) is 0 Å². The van der Waals surface area contributed by atoms with E-state index < -0.39 is 5.91 Å². The van der Waals surface area contributed by atoms with E-state index in [1.807, 2.05) is 36.4 Å². The quantitative estimate of drug-likeness (QED) is 0.628. The fraction of sp³-hybridized carbons (Fsp3) is 0.0588. The molecule has 0 heterocycles. The lowest BCUT2D eigenvalue weighted by atomic mass is 10.2. The van der Waals surface area contributed by atoms with Crippen molar-refractivity contribution in [3.63, 3.8) is 0 Å². The summed E-state index contributed by atoms with van der Waals surface area (Å²) in [5, 5.41) is 4.65. The average Bonchev–Trinajstić information content (AvgIpc) is 2.56. The number of hydrazone groups is 1. The number of ether oxygens (including phenoxy) is 1. The van der Waals surface area contributed by atoms with Gasteiger partial charge in [0.1, 0.15) is 5.75 Å². The normalized spacial score (nSPS) is 11.0. The molecule has 2 aromatic rings. The van der Waals surface area contributed by atoms with Gasteiger partial charge in [0.2, 0.25) is 0 Å². The second-order valence-electron chi connectivity index (χ2n) is 4.45. The Kier molecular flexibility index (Phi) is 6.66. The number of carbonyl (C=O) groups is 1. The predicted molar refractivity (Wildman–Crippen MR) is 94.1 cm³/mol. The monoisotopic (exact) mass is 348 g/mol. The summed E-state index contributed by atoms with van der Waals surface area (Å²) in [5.41, 5.74) is 3.40. The first-order valence-corrected chi connectivity index (χ1v) is 7.52. The van der Waals surface area contributed by atoms with Crippen molar-refractivity contribution in [2.45, 2.75) is 0 Å². The van der Waals surface area contributed by atoms with Crippen LogP contribution in [0.25, 0.3) is 6.08 Å². The summed E-state index contributed by atoms with van der Waals surface area (Å²) >= 11 is 11.8. The van der Waals surface area contributed by atoms with Crippen LogP contribution in [0.2, 0.25) is 10.0 Å². The summed E-state index contributed by atoms with van der Waals surface area (Å²) in [6, 6.07) is 14.5. The van der Waals surface area contributed by atoms with Gasteiger partial charge in [0, 0.05) is 17.3 Å². The largest absolute Gasteiger partial charge is 0.482 e. The molecule has 0 aliphatic carbocycles. The minimum atomic E-state index is -0.398. The maximum Gasteiger partial charge on any atom is 0.277 e. The van der Waals surface area contributed by atoms with Crippen LogP contribution < -0.4 is 10.2 Å². The van der Waals surface area contributed by atoms with Crippen LogP contribution in [-0.4, -0.2) is 18.7 Å². The van der Waals surface area contributed by atoms with E-state index in [0.29, 0.717) is 15.8 Å². The molecule has 0 unspecified atom stereocenters. The second-order valence-corrected chi connectivity index (χ2v) is 5.29. The van der Waals surface area contributed by atoms with Gasteiger partial charge >= 0.3 is 0 Å². The zero-order chi connectivity index (χ0) is 16.5. The van der Waals surface area contributed by atoms with E-state index in [9.17, 15) is 4.79 Å². The van der Waals surface area contributed by atoms with E-state index in [4.69, 9.17) is 27.9 Å². The van der Waals surface area contributed by atoms with Crippen LogP contribution in [0.5, 0.6) is 5.75 Å². The Balaban J connectivity index is 1.76. The van der Waals surface area contributed by atoms with Gasteiger partial charge in [-0.1, -0.05) is 59.6 Å². The third kappa shape index (κ3) is 6.14. The lowest BCUT2D eigenvalue weighted by molar-refractivity contribution is -0.123. The molecule has 0 radical (unpaired) electrons. The highest BCUT2D eigenvalue weighted by Gasteiger charge is 2.05. The zero-order valence-electron chi connectivity index (χ0n) is 12.1. The highest BCUT2D eigenvalue weighted by Crippen LogP contribution is 2.27. The Bertz CT molecular complexity index is 716. The molecule has 4 nitrogen and oxygen atoms in total. The molecule has 0 spiro atoms. The summed E-state index contributed by atoms with van der Waals surface area (Å²) < 4.78 is 5.29. The van der Waals surface area contributed by atoms with Gasteiger partial charge in [-0.25, -0.2) is 5.43 Å². The maximum atomic E-state index is 11.6. The van der Waals surface area contributed by atoms with Crippen LogP contribution in [-0.2, 0) is 4.79 Å². The lowest BCUT2D eigenvalue weighted by Gasteiger charge is -2.06. The number of amides is 1. The van der Waals surface area contributed by atoms with Crippen molar-refractivity contribution in [1.82, 2.24) is 5.43 Å². The van der Waals surface area contributed by atoms with Gasteiger partial charge in [0.15, 0.2) is 6.61 Å². The highest BCUT2D eigenvalue weighted by atomic mass is 35.5. The predicted octanol–water partition coefficient (Wildman–Crippen LogP) is 4.19. The van der Waals surface area contributed by atoms with Crippen LogP contribution in [0.1, 0.15) is 5.56 Å². The Morgan fingerprint density at radius 2 is 1.96 bits per heavy atom. The number of carbonyl (C=O) groups excluding carboxylic acids is 1. The van der Waals surface area contributed by atoms with Gasteiger partial charge in [-0.15, -0.1) is 0 Å². The molecule has 2 aromatic carbocycles. The molecule has 0 atom stereocenters. The molecule has 118 valence electrons. The SMILES string of the molecule is O=C(COc1cc(Cl)ccc1Cl)N/N=C/C=C/c1ccccc1. The van der Waals surface area contributed by atoms with Gasteiger partial charge in [0.25, 0.3) is 5.91 Å². The molecule has 0 aliphatic rings. The first-order chi connectivity index (χ1) is 11.1. The van der Waals surface area contributed by atoms with Crippen LogP contribution in [0.4, 0.5) is 0 Å². The molecule has 23 heavy (non-hydrogen) atoms. The van der Waals surface area contributed by atoms with Crippen molar-refractivity contribution in [2.24, 2.45) is 5.10 Å². The van der Waals surface area contributed by atoms with Crippen molar-refractivity contribution >= 4 is 41.4 Å². The highest BCUT2D eigenvalue weighted by molar-refractivity contribution is 6.34. The average molecular weight is 349 g/mol. The fourth-order valence-electron chi connectivity index (χ4n) is 1.63. The summed E-state index contributed by atoms with van der Waals surface area (Å²) in [6.07, 6.45) is 5.08. The molecule has 0 saturated heterocycles. The third-order valence-electron chi connectivity index (χ3n) is 2.69. The summed E-state index contributed by atoms with van der Waals surface area (Å²) in [6.45, 7) is -0.209. The van der Waals surface area contributed by atoms with Crippen molar-refractivity contribution < 1.29 is 9.53 Å². The van der Waals surface area contributed by atoms with Crippen molar-refractivity contribution in [1.29, 1.82) is 0 Å². The van der Waals surface area contributed by atoms with E-state index in [1.165, 1.54) is 6.21 Å². The van der Waals surface area contributed by atoms with Crippen LogP contribution in [0.15, 0.2) is 59.7 Å². The zero-order valence-corrected chi connectivity index (χ0v) is 13.6. The standard InChI is InChI=1S/C17H14Cl2N2O2/c18-14-8-9-15(19)16(11-14)23-12-17(22)21-20-10-4-7-13-5-2-1-3-6-13/h1-11H,12H2,(H,21,22)/b7-4+,20-10+. The number of allylic oxidation sites excluding steroid dienone is 1. The Morgan fingerprint density at radius 3 is 2.74 bits per heavy atom. The second kappa shape index (κ2) is 8.98. The van der Waals surface area contributed by atoms with E-state index in [2.05, 4.69) is 10.5 Å². The van der Waals surface area contributed by atoms with Crippen LogP contribution in [0, 0.1) is 0 Å². The van der Waals surface area contributed by atoms with Gasteiger partial charge in [-0.05, 0) is 23.8 Å². The molecular weight excluding hydrogens is 335 g/mol. The van der Waals surface area contributed by atoms with Gasteiger partial charge in [-0.3, -0.25) is 4.79 Å². The van der Waals surface area contributed by atoms with Gasteiger partial charge in [-0.2, -0.15) is 5.10 Å². The van der Waals surface area contributed by atoms with Gasteiger partial charge in [0.05, 0.1) is 5.02 Å². The smallest absolute Gasteiger partial charge is 0.277 e. The first-order valence-electron chi connectivity index (χ1n) is 6.76. The molecule has 0 bridgehead atoms. The molecular formula is C17H14Cl2N2O2. The summed E-state index contributed by atoms with van der Waals surface area (Å²) in [5.74, 6) is -0.0485. The van der Waals surface area contributed by atoms with E-state index in [0.717, 1.165) is 5.56 Å². The summed E-state index contributed by atoms with van der Waals surface area (Å²) in [4.78, 5) is 11.6. The molecule has 1 amide bonds. The fourth-order valence-corrected chi connectivity index (χ4v) is 1.97. The molecule has 0 fully saturated rings. The first kappa shape index (κ1) is 17.1. The van der Waals surface area contributed by atoms with Crippen LogP contribution >= 0.6 is 23.2 Å². The number of hydrogen-bond acceptors (Lipinski definition) is 3. The van der Waals surface area contributed by atoms with E-state index in [-0.39, 0.29) is 6.61 Å². The van der Waals surface area contributed by atoms with Crippen molar-refractivity contribution in [3.8, 4) is 5.75 Å². The topological polar surface area (TPSA) is 50.7 Å². The molecule has 6 heteroatoms. The van der Waals surface area contributed by atoms with E-state index >= 15 is 0 Å². The Labute approximate surface area is 144 Å². The number of halogens is 2. The van der Waals surface area contributed by atoms with E-state index in [1.54, 1.807) is 24.3 Å². The summed E-state index contributed by atoms with van der Waals surface area (Å²) in [7, 11) is 0. The third-order valence-corrected chi connectivity index (χ3v) is 3.24. The number of hydrogen-bond donors (Lipinski definition) is 1. The molecule has 0 aromatic heterocycles. The van der Waals surface area contributed by atoms with Gasteiger partial charge < -0.3 is 4.74 Å². The minimum Gasteiger partial charge on any atom is -0.482 e. The number of rotatable bonds is 6. The minimum absolute atomic E-state index is 0.209.